The molecule has 12 heteroatoms. The van der Waals surface area contributed by atoms with E-state index in [1.165, 1.54) is 0 Å². The Morgan fingerprint density at radius 2 is 1.85 bits per heavy atom. The second-order valence-electron chi connectivity index (χ2n) is 6.32. The topological polar surface area (TPSA) is 145 Å². The van der Waals surface area contributed by atoms with E-state index in [1.807, 2.05) is 6.92 Å². The van der Waals surface area contributed by atoms with Crippen LogP contribution in [0.4, 0.5) is 4.79 Å². The van der Waals surface area contributed by atoms with Gasteiger partial charge in [-0.05, 0) is 31.9 Å². The molecule has 1 aromatic rings. The van der Waals surface area contributed by atoms with Gasteiger partial charge in [-0.3, -0.25) is 25.0 Å². The summed E-state index contributed by atoms with van der Waals surface area (Å²) in [4.78, 5) is 37.8. The summed E-state index contributed by atoms with van der Waals surface area (Å²) in [6.07, 6.45) is 0.537. The summed E-state index contributed by atoms with van der Waals surface area (Å²) in [5.41, 5.74) is 5.89. The summed E-state index contributed by atoms with van der Waals surface area (Å²) in [6.45, 7) is 1.94. The van der Waals surface area contributed by atoms with E-state index in [-0.39, 0.29) is 13.0 Å². The molecule has 2 unspecified atom stereocenters. The number of urea groups is 1. The zero-order chi connectivity index (χ0) is 19.8. The SMILES string of the molecule is Cc1ccc(C(=O)NNC(=O)C2CCC3CN2C(=O)N3OS(=O)(=O)O)cc1. The molecule has 0 aliphatic carbocycles. The zero-order valence-electron chi connectivity index (χ0n) is 14.3. The summed E-state index contributed by atoms with van der Waals surface area (Å²) in [6, 6.07) is 4.38. The number of hydrogen-bond acceptors (Lipinski definition) is 6. The highest BCUT2D eigenvalue weighted by atomic mass is 32.3. The van der Waals surface area contributed by atoms with Crippen molar-refractivity contribution in [1.82, 2.24) is 20.8 Å². The van der Waals surface area contributed by atoms with Crippen molar-refractivity contribution in [1.29, 1.82) is 0 Å². The fourth-order valence-electron chi connectivity index (χ4n) is 3.08. The van der Waals surface area contributed by atoms with Crippen molar-refractivity contribution in [3.63, 3.8) is 0 Å². The average molecular weight is 398 g/mol. The molecule has 3 N–H and O–H groups in total. The molecule has 2 saturated heterocycles. The van der Waals surface area contributed by atoms with Crippen LogP contribution in [0.25, 0.3) is 0 Å². The van der Waals surface area contributed by atoms with Gasteiger partial charge in [0.2, 0.25) is 0 Å². The van der Waals surface area contributed by atoms with E-state index < -0.39 is 40.3 Å². The lowest BCUT2D eigenvalue weighted by Crippen LogP contribution is -2.54. The Hall–Kier alpha value is -2.70. The number of carbonyl (C=O) groups excluding carboxylic acids is 3. The van der Waals surface area contributed by atoms with Crippen LogP contribution in [0.2, 0.25) is 0 Å². The van der Waals surface area contributed by atoms with Crippen molar-refractivity contribution in [3.8, 4) is 0 Å². The molecule has 0 aromatic heterocycles. The van der Waals surface area contributed by atoms with Gasteiger partial charge in [-0.2, -0.15) is 13.5 Å². The minimum absolute atomic E-state index is 0.0678. The lowest BCUT2D eigenvalue weighted by molar-refractivity contribution is -0.126. The first-order valence-corrected chi connectivity index (χ1v) is 9.46. The maximum Gasteiger partial charge on any atom is 0.418 e. The third-order valence-electron chi connectivity index (χ3n) is 4.41. The molecule has 3 rings (SSSR count). The Labute approximate surface area is 155 Å². The highest BCUT2D eigenvalue weighted by molar-refractivity contribution is 7.80. The van der Waals surface area contributed by atoms with Crippen LogP contribution in [-0.2, 0) is 19.5 Å². The van der Waals surface area contributed by atoms with Gasteiger partial charge >= 0.3 is 16.4 Å². The smallest absolute Gasteiger partial charge is 0.309 e. The summed E-state index contributed by atoms with van der Waals surface area (Å²) >= 11 is 0. The number of benzene rings is 1. The number of amides is 4. The van der Waals surface area contributed by atoms with E-state index in [0.717, 1.165) is 10.5 Å². The molecule has 2 heterocycles. The minimum atomic E-state index is -4.85. The first-order valence-electron chi connectivity index (χ1n) is 8.09. The number of hydroxylamine groups is 2. The first kappa shape index (κ1) is 19.1. The normalized spacial score (nSPS) is 21.9. The Balaban J connectivity index is 1.60. The standard InChI is InChI=1S/C15H18N4O7S/c1-9-2-4-10(5-3-9)13(20)16-17-14(21)12-7-6-11-8-18(12)15(22)19(11)26-27(23,24)25/h2-5,11-12H,6-8H2,1H3,(H,16,20)(H,17,21)(H,23,24,25). The van der Waals surface area contributed by atoms with Crippen molar-refractivity contribution in [2.45, 2.75) is 31.8 Å². The van der Waals surface area contributed by atoms with Crippen LogP contribution in [0.1, 0.15) is 28.8 Å². The Morgan fingerprint density at radius 3 is 2.48 bits per heavy atom. The molecule has 1 aromatic carbocycles. The van der Waals surface area contributed by atoms with Crippen LogP contribution in [0.3, 0.4) is 0 Å². The number of fused-ring (bicyclic) bond motifs is 2. The molecule has 0 spiro atoms. The zero-order valence-corrected chi connectivity index (χ0v) is 15.1. The molecule has 0 saturated carbocycles. The molecule has 2 atom stereocenters. The molecular weight excluding hydrogens is 380 g/mol. The van der Waals surface area contributed by atoms with Crippen molar-refractivity contribution >= 4 is 28.2 Å². The summed E-state index contributed by atoms with van der Waals surface area (Å²) in [5, 5.41) is 0.549. The van der Waals surface area contributed by atoms with E-state index in [1.54, 1.807) is 24.3 Å². The fraction of sp³-hybridized carbons (Fsp3) is 0.400. The molecule has 2 aliphatic rings. The van der Waals surface area contributed by atoms with Crippen LogP contribution in [-0.4, -0.2) is 59.4 Å². The van der Waals surface area contributed by atoms with Gasteiger partial charge in [0.05, 0.1) is 6.04 Å². The Morgan fingerprint density at radius 1 is 1.19 bits per heavy atom. The van der Waals surface area contributed by atoms with E-state index >= 15 is 0 Å². The van der Waals surface area contributed by atoms with Gasteiger partial charge in [0.15, 0.2) is 0 Å². The van der Waals surface area contributed by atoms with Gasteiger partial charge in [0.25, 0.3) is 11.8 Å². The van der Waals surface area contributed by atoms with Gasteiger partial charge in [0, 0.05) is 12.1 Å². The number of aryl methyl sites for hydroxylation is 1. The van der Waals surface area contributed by atoms with E-state index in [0.29, 0.717) is 17.0 Å². The number of hydrazine groups is 1. The predicted octanol–water partition coefficient (Wildman–Crippen LogP) is -0.241. The summed E-state index contributed by atoms with van der Waals surface area (Å²) < 4.78 is 34.8. The predicted molar refractivity (Wildman–Crippen MR) is 90.2 cm³/mol. The van der Waals surface area contributed by atoms with E-state index in [9.17, 15) is 22.8 Å². The van der Waals surface area contributed by atoms with Crippen LogP contribution < -0.4 is 10.9 Å². The van der Waals surface area contributed by atoms with Gasteiger partial charge < -0.3 is 4.90 Å². The summed E-state index contributed by atoms with van der Waals surface area (Å²) in [5.74, 6) is -1.13. The quantitative estimate of drug-likeness (QED) is 0.469. The average Bonchev–Trinajstić information content (AvgIpc) is 2.83. The molecule has 11 nitrogen and oxygen atoms in total. The second kappa shape index (κ2) is 7.13. The summed E-state index contributed by atoms with van der Waals surface area (Å²) in [7, 11) is -4.85. The molecule has 2 aliphatic heterocycles. The van der Waals surface area contributed by atoms with Gasteiger partial charge in [-0.1, -0.05) is 17.7 Å². The number of piperidine rings is 1. The molecule has 2 fully saturated rings. The first-order chi connectivity index (χ1) is 12.7. The van der Waals surface area contributed by atoms with Crippen LogP contribution in [0.15, 0.2) is 24.3 Å². The van der Waals surface area contributed by atoms with Gasteiger partial charge in [0.1, 0.15) is 6.04 Å². The lowest BCUT2D eigenvalue weighted by atomic mass is 10.0. The van der Waals surface area contributed by atoms with Crippen LogP contribution in [0, 0.1) is 6.92 Å². The highest BCUT2D eigenvalue weighted by Gasteiger charge is 2.49. The number of rotatable bonds is 4. The third-order valence-corrected chi connectivity index (χ3v) is 4.76. The second-order valence-corrected chi connectivity index (χ2v) is 7.32. The molecule has 4 amide bonds. The van der Waals surface area contributed by atoms with Crippen LogP contribution >= 0.6 is 0 Å². The maximum absolute atomic E-state index is 12.4. The fourth-order valence-corrected chi connectivity index (χ4v) is 3.47. The highest BCUT2D eigenvalue weighted by Crippen LogP contribution is 2.30. The number of nitrogens with one attached hydrogen (secondary N) is 2. The Bertz CT molecular complexity index is 871. The monoisotopic (exact) mass is 398 g/mol. The maximum atomic E-state index is 12.4. The number of hydrogen-bond donors (Lipinski definition) is 3. The largest absolute Gasteiger partial charge is 0.418 e. The van der Waals surface area contributed by atoms with Crippen LogP contribution in [0.5, 0.6) is 0 Å². The molecule has 146 valence electrons. The molecular formula is C15H18N4O7S. The Kier molecular flexibility index (Phi) is 5.04. The molecule has 2 bridgehead atoms. The number of nitrogens with zero attached hydrogens (tertiary/aromatic N) is 2. The van der Waals surface area contributed by atoms with E-state index in [2.05, 4.69) is 15.1 Å². The van der Waals surface area contributed by atoms with Crippen molar-refractivity contribution in [2.24, 2.45) is 0 Å². The van der Waals surface area contributed by atoms with E-state index in [4.69, 9.17) is 4.55 Å². The minimum Gasteiger partial charge on any atom is -0.309 e. The molecule has 0 radical (unpaired) electrons. The number of carbonyl (C=O) groups is 3. The molecule has 27 heavy (non-hydrogen) atoms. The lowest BCUT2D eigenvalue weighted by Gasteiger charge is -2.29. The van der Waals surface area contributed by atoms with Crippen molar-refractivity contribution in [3.05, 3.63) is 35.4 Å². The van der Waals surface area contributed by atoms with Gasteiger partial charge in [-0.25, -0.2) is 4.79 Å². The third kappa shape index (κ3) is 4.18. The van der Waals surface area contributed by atoms with Crippen molar-refractivity contribution in [2.75, 3.05) is 6.54 Å². The van der Waals surface area contributed by atoms with Crippen molar-refractivity contribution < 1.29 is 31.6 Å². The van der Waals surface area contributed by atoms with Gasteiger partial charge in [-0.15, -0.1) is 4.28 Å².